The number of likely N-dealkylation sites (tertiary alicyclic amines) is 1. The molecule has 34 heavy (non-hydrogen) atoms. The van der Waals surface area contributed by atoms with Gasteiger partial charge < -0.3 is 10.6 Å². The van der Waals surface area contributed by atoms with Crippen molar-refractivity contribution in [3.63, 3.8) is 0 Å². The van der Waals surface area contributed by atoms with Crippen molar-refractivity contribution < 1.29 is 13.2 Å². The summed E-state index contributed by atoms with van der Waals surface area (Å²) in [6.45, 7) is 2.55. The molecule has 5 unspecified atom stereocenters. The van der Waals surface area contributed by atoms with E-state index in [0.29, 0.717) is 6.54 Å². The lowest BCUT2D eigenvalue weighted by Crippen LogP contribution is -2.71. The number of aromatic nitrogens is 1. The molecule has 1 aromatic carbocycles. The molecule has 1 aromatic heterocycles. The van der Waals surface area contributed by atoms with Crippen LogP contribution < -0.4 is 21.3 Å². The van der Waals surface area contributed by atoms with E-state index < -0.39 is 22.0 Å². The highest BCUT2D eigenvalue weighted by Crippen LogP contribution is 2.33. The summed E-state index contributed by atoms with van der Waals surface area (Å²) in [5.74, 6) is -0.0284. The molecule has 6 rings (SSSR count). The fourth-order valence-electron chi connectivity index (χ4n) is 6.18. The number of piperidine rings is 1. The lowest BCUT2D eigenvalue weighted by Gasteiger charge is -2.44. The largest absolute Gasteiger partial charge is 0.327 e. The number of benzene rings is 1. The molecule has 182 valence electrons. The van der Waals surface area contributed by atoms with Gasteiger partial charge in [0.15, 0.2) is 9.84 Å². The Balaban J connectivity index is 1.29. The van der Waals surface area contributed by atoms with Crippen LogP contribution in [0.5, 0.6) is 0 Å². The van der Waals surface area contributed by atoms with E-state index in [1.807, 2.05) is 36.4 Å². The van der Waals surface area contributed by atoms with E-state index >= 15 is 0 Å². The maximum atomic E-state index is 13.6. The van der Waals surface area contributed by atoms with E-state index in [-0.39, 0.29) is 41.6 Å². The number of para-hydroxylation sites is 1. The Bertz CT molecular complexity index is 1180. The molecule has 4 fully saturated rings. The molecule has 9 nitrogen and oxygen atoms in total. The minimum absolute atomic E-state index is 0.0612. The third-order valence-corrected chi connectivity index (χ3v) is 9.57. The minimum Gasteiger partial charge on any atom is -0.327 e. The van der Waals surface area contributed by atoms with Gasteiger partial charge in [0, 0.05) is 30.6 Å². The van der Waals surface area contributed by atoms with Crippen molar-refractivity contribution in [2.75, 3.05) is 31.1 Å². The summed E-state index contributed by atoms with van der Waals surface area (Å²) in [5, 5.41) is 15.0. The van der Waals surface area contributed by atoms with Crippen LogP contribution in [0.3, 0.4) is 0 Å². The molecule has 0 saturated carbocycles. The Morgan fingerprint density at radius 1 is 1.12 bits per heavy atom. The molecule has 0 radical (unpaired) electrons. The Labute approximate surface area is 200 Å². The zero-order valence-corrected chi connectivity index (χ0v) is 19.9. The molecular weight excluding hydrogens is 452 g/mol. The van der Waals surface area contributed by atoms with Crippen molar-refractivity contribution >= 4 is 26.6 Å². The molecule has 2 bridgehead atoms. The number of hydrogen-bond acceptors (Lipinski definition) is 8. The maximum absolute atomic E-state index is 13.6. The quantitative estimate of drug-likeness (QED) is 0.483. The molecular formula is C24H32N6O3S. The first-order valence-electron chi connectivity index (χ1n) is 12.3. The van der Waals surface area contributed by atoms with Crippen LogP contribution in [0.15, 0.2) is 36.4 Å². The van der Waals surface area contributed by atoms with E-state index in [1.54, 1.807) is 0 Å². The predicted octanol–water partition coefficient (Wildman–Crippen LogP) is 0.108. The van der Waals surface area contributed by atoms with Gasteiger partial charge in [-0.15, -0.1) is 0 Å². The highest BCUT2D eigenvalue weighted by molar-refractivity contribution is 7.91. The zero-order chi connectivity index (χ0) is 23.3. The average Bonchev–Trinajstić information content (AvgIpc) is 3.13. The Hall–Kier alpha value is -2.11. The monoisotopic (exact) mass is 484 g/mol. The van der Waals surface area contributed by atoms with E-state index in [2.05, 4.69) is 26.2 Å². The van der Waals surface area contributed by atoms with Crippen molar-refractivity contribution in [3.05, 3.63) is 42.1 Å². The van der Waals surface area contributed by atoms with Crippen LogP contribution in [0.4, 0.5) is 0 Å². The van der Waals surface area contributed by atoms with Crippen molar-refractivity contribution in [1.29, 1.82) is 0 Å². The summed E-state index contributed by atoms with van der Waals surface area (Å²) in [5.41, 5.74) is 1.60. The number of hydrogen-bond donors (Lipinski definition) is 4. The molecule has 4 aliphatic rings. The first-order valence-corrected chi connectivity index (χ1v) is 14.1. The lowest BCUT2D eigenvalue weighted by molar-refractivity contribution is -0.130. The third-order valence-electron chi connectivity index (χ3n) is 7.69. The van der Waals surface area contributed by atoms with Crippen LogP contribution in [0.1, 0.15) is 30.9 Å². The van der Waals surface area contributed by atoms with Gasteiger partial charge in [0.25, 0.3) is 0 Å². The number of carbonyl (C=O) groups is 1. The summed E-state index contributed by atoms with van der Waals surface area (Å²) in [6, 6.07) is 12.1. The van der Waals surface area contributed by atoms with Crippen LogP contribution >= 0.6 is 0 Å². The zero-order valence-electron chi connectivity index (χ0n) is 19.1. The second-order valence-electron chi connectivity index (χ2n) is 10.2. The summed E-state index contributed by atoms with van der Waals surface area (Å²) < 4.78 is 24.6. The van der Waals surface area contributed by atoms with Crippen LogP contribution in [0.2, 0.25) is 0 Å². The van der Waals surface area contributed by atoms with Gasteiger partial charge in [0.2, 0.25) is 5.91 Å². The fraction of sp³-hybridized carbons (Fsp3) is 0.583. The Morgan fingerprint density at radius 2 is 2.00 bits per heavy atom. The van der Waals surface area contributed by atoms with Gasteiger partial charge in [-0.1, -0.05) is 24.3 Å². The van der Waals surface area contributed by atoms with Crippen LogP contribution in [-0.2, 0) is 14.6 Å². The second kappa shape index (κ2) is 8.83. The smallest absolute Gasteiger partial charge is 0.234 e. The number of nitrogens with one attached hydrogen (secondary N) is 4. The number of fused-ring (bicyclic) bond motifs is 3. The van der Waals surface area contributed by atoms with Gasteiger partial charge in [0.1, 0.15) is 12.2 Å². The Kier molecular flexibility index (Phi) is 5.81. The minimum atomic E-state index is -3.03. The van der Waals surface area contributed by atoms with Gasteiger partial charge >= 0.3 is 0 Å². The van der Waals surface area contributed by atoms with Gasteiger partial charge in [-0.3, -0.25) is 25.3 Å². The molecule has 1 amide bonds. The number of amides is 1. The van der Waals surface area contributed by atoms with Crippen LogP contribution in [0, 0.1) is 5.92 Å². The molecule has 4 aliphatic heterocycles. The number of carbonyl (C=O) groups excluding carboxylic acids is 1. The number of sulfone groups is 1. The van der Waals surface area contributed by atoms with E-state index in [0.717, 1.165) is 48.9 Å². The maximum Gasteiger partial charge on any atom is 0.234 e. The van der Waals surface area contributed by atoms with Crippen LogP contribution in [0.25, 0.3) is 10.9 Å². The van der Waals surface area contributed by atoms with E-state index in [9.17, 15) is 13.2 Å². The molecule has 0 aliphatic carbocycles. The van der Waals surface area contributed by atoms with E-state index in [1.165, 1.54) is 0 Å². The molecule has 4 saturated heterocycles. The average molecular weight is 485 g/mol. The van der Waals surface area contributed by atoms with Crippen LogP contribution in [-0.4, -0.2) is 79.9 Å². The number of rotatable bonds is 4. The predicted molar refractivity (Wildman–Crippen MR) is 130 cm³/mol. The van der Waals surface area contributed by atoms with Gasteiger partial charge in [-0.25, -0.2) is 8.42 Å². The van der Waals surface area contributed by atoms with Crippen molar-refractivity contribution in [2.24, 2.45) is 5.92 Å². The molecule has 0 spiro atoms. The summed E-state index contributed by atoms with van der Waals surface area (Å²) in [4.78, 5) is 20.6. The molecule has 2 aromatic rings. The van der Waals surface area contributed by atoms with Crippen molar-refractivity contribution in [3.8, 4) is 0 Å². The summed E-state index contributed by atoms with van der Waals surface area (Å²) >= 11 is 0. The SMILES string of the molecule is O=C1NC(N2CC3CC2CS(=O)(=O)C3)NC(N[C@@H]2CCCNC2)C1c1ccc2ccccc2n1. The number of nitrogens with zero attached hydrogens (tertiary/aromatic N) is 2. The highest BCUT2D eigenvalue weighted by Gasteiger charge is 2.48. The fourth-order valence-corrected chi connectivity index (χ4v) is 8.19. The lowest BCUT2D eigenvalue weighted by atomic mass is 9.95. The van der Waals surface area contributed by atoms with Crippen molar-refractivity contribution in [2.45, 2.75) is 49.7 Å². The molecule has 5 heterocycles. The van der Waals surface area contributed by atoms with Gasteiger partial charge in [-0.2, -0.15) is 0 Å². The third kappa shape index (κ3) is 4.33. The topological polar surface area (TPSA) is 115 Å². The standard InChI is InChI=1S/C24H32N6O3S/c31-23-21(20-8-7-16-4-1-2-6-19(16)27-20)22(26-17-5-3-9-25-11-17)28-24(29-23)30-12-15-10-18(30)14-34(32,33)13-15/h1-2,4,6-8,15,17-18,21-22,24-26,28H,3,5,9-14H2,(H,29,31)/t15?,17-,18?,21?,22?,24?/m1/s1. The second-order valence-corrected chi connectivity index (χ2v) is 12.4. The Morgan fingerprint density at radius 3 is 2.85 bits per heavy atom. The molecule has 4 N–H and O–H groups in total. The van der Waals surface area contributed by atoms with Gasteiger partial charge in [0.05, 0.1) is 28.9 Å². The molecule has 6 atom stereocenters. The summed E-state index contributed by atoms with van der Waals surface area (Å²) in [6.07, 6.45) is 2.29. The number of pyridine rings is 1. The first-order chi connectivity index (χ1) is 16.4. The van der Waals surface area contributed by atoms with E-state index in [4.69, 9.17) is 4.98 Å². The highest BCUT2D eigenvalue weighted by atomic mass is 32.2. The molecule has 10 heteroatoms. The van der Waals surface area contributed by atoms with Gasteiger partial charge in [-0.05, 0) is 43.9 Å². The first kappa shape index (κ1) is 22.4. The normalized spacial score (nSPS) is 35.8. The summed E-state index contributed by atoms with van der Waals surface area (Å²) in [7, 11) is -3.03. The van der Waals surface area contributed by atoms with Crippen molar-refractivity contribution in [1.82, 2.24) is 31.2 Å².